The Morgan fingerprint density at radius 3 is 2.67 bits per heavy atom. The fourth-order valence-corrected chi connectivity index (χ4v) is 6.82. The third-order valence-electron chi connectivity index (χ3n) is 7.89. The Morgan fingerprint density at radius 2 is 2.00 bits per heavy atom. The van der Waals surface area contributed by atoms with Crippen molar-refractivity contribution in [2.45, 2.75) is 83.3 Å². The van der Waals surface area contributed by atoms with Crippen molar-refractivity contribution >= 4 is 28.7 Å². The van der Waals surface area contributed by atoms with E-state index in [4.69, 9.17) is 14.7 Å². The van der Waals surface area contributed by atoms with Gasteiger partial charge >= 0.3 is 0 Å². The molecule has 3 aliphatic rings. The van der Waals surface area contributed by atoms with Gasteiger partial charge < -0.3 is 14.6 Å². The maximum atomic E-state index is 13.3. The molecule has 1 aliphatic carbocycles. The van der Waals surface area contributed by atoms with Gasteiger partial charge in [0.1, 0.15) is 36.5 Å². The minimum Gasteiger partial charge on any atom is -0.399 e. The summed E-state index contributed by atoms with van der Waals surface area (Å²) in [6, 6.07) is 0.650. The summed E-state index contributed by atoms with van der Waals surface area (Å²) in [6.45, 7) is 4.73. The molecule has 0 radical (unpaired) electrons. The van der Waals surface area contributed by atoms with Crippen LogP contribution in [0, 0.1) is 5.41 Å². The lowest BCUT2D eigenvalue weighted by atomic mass is 9.67. The van der Waals surface area contributed by atoms with Crippen LogP contribution in [0.3, 0.4) is 0 Å². The highest BCUT2D eigenvalue weighted by Crippen LogP contribution is 2.46. The average molecular weight is 585 g/mol. The lowest BCUT2D eigenvalue weighted by Crippen LogP contribution is -2.47. The molecule has 0 bridgehead atoms. The second kappa shape index (κ2) is 11.1. The van der Waals surface area contributed by atoms with E-state index in [1.807, 2.05) is 5.38 Å². The zero-order valence-corrected chi connectivity index (χ0v) is 23.4. The Bertz CT molecular complexity index is 1300. The smallest absolute Gasteiger partial charge is 0.282 e. The zero-order chi connectivity index (χ0) is 28.7. The van der Waals surface area contributed by atoms with Crippen LogP contribution in [0.4, 0.5) is 17.6 Å². The molecule has 14 heteroatoms. The predicted octanol–water partition coefficient (Wildman–Crippen LogP) is 5.70. The first-order chi connectivity index (χ1) is 19.0. The summed E-state index contributed by atoms with van der Waals surface area (Å²) in [5.41, 5.74) is 0.405. The number of piperidine rings is 1. The van der Waals surface area contributed by atoms with E-state index in [0.717, 1.165) is 41.4 Å². The van der Waals surface area contributed by atoms with Gasteiger partial charge in [-0.15, -0.1) is 11.3 Å². The molecule has 5 rings (SSSR count). The van der Waals surface area contributed by atoms with Gasteiger partial charge in [-0.3, -0.25) is 9.48 Å². The second-order valence-electron chi connectivity index (χ2n) is 11.3. The van der Waals surface area contributed by atoms with Gasteiger partial charge in [-0.05, 0) is 37.2 Å². The Kier molecular flexibility index (Phi) is 7.90. The van der Waals surface area contributed by atoms with E-state index in [1.54, 1.807) is 4.90 Å². The van der Waals surface area contributed by atoms with E-state index < -0.39 is 42.3 Å². The van der Waals surface area contributed by atoms with Crippen molar-refractivity contribution in [1.82, 2.24) is 19.7 Å². The predicted molar refractivity (Wildman–Crippen MR) is 140 cm³/mol. The summed E-state index contributed by atoms with van der Waals surface area (Å²) in [5.74, 6) is -0.304. The highest BCUT2D eigenvalue weighted by molar-refractivity contribution is 7.10. The van der Waals surface area contributed by atoms with Crippen molar-refractivity contribution in [1.29, 1.82) is 0 Å². The molecule has 4 heterocycles. The molecule has 0 aromatic carbocycles. The molecule has 9 nitrogen and oxygen atoms in total. The van der Waals surface area contributed by atoms with Gasteiger partial charge in [0.2, 0.25) is 5.91 Å². The number of hydrogen-bond acceptors (Lipinski definition) is 8. The molecule has 2 aliphatic heterocycles. The molecule has 1 atom stereocenters. The van der Waals surface area contributed by atoms with Crippen LogP contribution in [0.25, 0.3) is 0 Å². The van der Waals surface area contributed by atoms with Crippen LogP contribution in [0.15, 0.2) is 21.8 Å². The average Bonchev–Trinajstić information content (AvgIpc) is 3.65. The van der Waals surface area contributed by atoms with Gasteiger partial charge in [-0.2, -0.15) is 5.10 Å². The van der Waals surface area contributed by atoms with E-state index in [0.29, 0.717) is 43.1 Å². The monoisotopic (exact) mass is 584 g/mol. The number of amides is 1. The summed E-state index contributed by atoms with van der Waals surface area (Å²) in [6.07, 6.45) is -1.60. The topological polar surface area (TPSA) is 94.2 Å². The molecule has 1 saturated heterocycles. The highest BCUT2D eigenvalue weighted by Gasteiger charge is 2.51. The van der Waals surface area contributed by atoms with Crippen molar-refractivity contribution in [3.63, 3.8) is 0 Å². The van der Waals surface area contributed by atoms with E-state index in [1.165, 1.54) is 18.4 Å². The standard InChI is InChI=1S/C26H32F4N6O3S/c1-25(2)7-4-20(34-38-3)26(14-25)11-17(33-39-26)18-13-40-24(31-18)15-5-8-35(9-6-15)21(37)12-36-19(23(29)30)10-16(32-36)22(27)28/h10,13,15,22-23H,4-9,11-12,14H2,1-3H3. The highest BCUT2D eigenvalue weighted by atomic mass is 32.1. The maximum absolute atomic E-state index is 13.3. The molecule has 1 spiro atoms. The number of halogens is 4. The minimum absolute atomic E-state index is 0.0833. The number of thiazole rings is 1. The number of hydrogen-bond donors (Lipinski definition) is 0. The molecule has 1 unspecified atom stereocenters. The van der Waals surface area contributed by atoms with Gasteiger partial charge in [0.05, 0.1) is 10.7 Å². The number of carbonyl (C=O) groups excluding carboxylic acids is 1. The molecule has 1 amide bonds. The number of nitrogens with zero attached hydrogens (tertiary/aromatic N) is 6. The fraction of sp³-hybridized carbons (Fsp3) is 0.654. The van der Waals surface area contributed by atoms with Crippen molar-refractivity contribution in [3.05, 3.63) is 33.5 Å². The van der Waals surface area contributed by atoms with Crippen molar-refractivity contribution < 1.29 is 32.0 Å². The van der Waals surface area contributed by atoms with Crippen LogP contribution in [-0.2, 0) is 21.0 Å². The SMILES string of the molecule is CON=C1CCC(C)(C)CC12CC(c1csc(C3CCN(C(=O)Cn4nc(C(F)F)cc4C(F)F)CC3)n1)=NO2. The lowest BCUT2D eigenvalue weighted by molar-refractivity contribution is -0.133. The first kappa shape index (κ1) is 28.5. The Balaban J connectivity index is 1.19. The molecule has 2 aromatic rings. The first-order valence-electron chi connectivity index (χ1n) is 13.2. The van der Waals surface area contributed by atoms with Gasteiger partial charge in [0, 0.05) is 37.2 Å². The van der Waals surface area contributed by atoms with Gasteiger partial charge in [-0.25, -0.2) is 22.5 Å². The summed E-state index contributed by atoms with van der Waals surface area (Å²) in [7, 11) is 1.53. The van der Waals surface area contributed by atoms with Crippen LogP contribution >= 0.6 is 11.3 Å². The molecule has 2 fully saturated rings. The number of carbonyl (C=O) groups is 1. The number of aromatic nitrogens is 3. The van der Waals surface area contributed by atoms with Crippen LogP contribution < -0.4 is 0 Å². The van der Waals surface area contributed by atoms with Crippen LogP contribution in [0.1, 0.15) is 93.2 Å². The molecular weight excluding hydrogens is 552 g/mol. The summed E-state index contributed by atoms with van der Waals surface area (Å²) in [5, 5.41) is 15.1. The largest absolute Gasteiger partial charge is 0.399 e. The molecule has 0 N–H and O–H groups in total. The molecule has 40 heavy (non-hydrogen) atoms. The summed E-state index contributed by atoms with van der Waals surface area (Å²) >= 11 is 1.54. The number of oxime groups is 2. The normalized spacial score (nSPS) is 24.3. The molecule has 1 saturated carbocycles. The minimum atomic E-state index is -3.01. The molecule has 2 aromatic heterocycles. The van der Waals surface area contributed by atoms with Crippen LogP contribution in [-0.4, -0.2) is 62.8 Å². The van der Waals surface area contributed by atoms with Gasteiger partial charge in [0.15, 0.2) is 5.60 Å². The number of rotatable bonds is 7. The third-order valence-corrected chi connectivity index (χ3v) is 8.90. The van der Waals surface area contributed by atoms with Gasteiger partial charge in [0.25, 0.3) is 12.9 Å². The van der Waals surface area contributed by atoms with E-state index in [-0.39, 0.29) is 11.3 Å². The van der Waals surface area contributed by atoms with Crippen molar-refractivity contribution in [2.24, 2.45) is 15.7 Å². The van der Waals surface area contributed by atoms with Crippen molar-refractivity contribution in [3.8, 4) is 0 Å². The first-order valence-corrected chi connectivity index (χ1v) is 14.1. The van der Waals surface area contributed by atoms with Gasteiger partial charge in [-0.1, -0.05) is 24.2 Å². The van der Waals surface area contributed by atoms with Crippen LogP contribution in [0.5, 0.6) is 0 Å². The fourth-order valence-electron chi connectivity index (χ4n) is 5.82. The Labute approximate surface area is 233 Å². The zero-order valence-electron chi connectivity index (χ0n) is 22.6. The number of alkyl halides is 4. The number of likely N-dealkylation sites (tertiary alicyclic amines) is 1. The van der Waals surface area contributed by atoms with E-state index >= 15 is 0 Å². The van der Waals surface area contributed by atoms with Crippen molar-refractivity contribution in [2.75, 3.05) is 20.2 Å². The Morgan fingerprint density at radius 1 is 1.25 bits per heavy atom. The van der Waals surface area contributed by atoms with Crippen LogP contribution in [0.2, 0.25) is 0 Å². The maximum Gasteiger partial charge on any atom is 0.282 e. The molecule has 218 valence electrons. The summed E-state index contributed by atoms with van der Waals surface area (Å²) in [4.78, 5) is 30.3. The van der Waals surface area contributed by atoms with E-state index in [9.17, 15) is 22.4 Å². The second-order valence-corrected chi connectivity index (χ2v) is 12.2. The quantitative estimate of drug-likeness (QED) is 0.308. The van der Waals surface area contributed by atoms with E-state index in [2.05, 4.69) is 29.3 Å². The molecular formula is C26H32F4N6O3S. The Hall–Kier alpha value is -3.03. The summed E-state index contributed by atoms with van der Waals surface area (Å²) < 4.78 is 53.1. The third kappa shape index (κ3) is 5.72. The lowest BCUT2D eigenvalue weighted by Gasteiger charge is -2.40.